The third kappa shape index (κ3) is 5.12. The second kappa shape index (κ2) is 9.52. The van der Waals surface area contributed by atoms with Crippen molar-refractivity contribution in [1.29, 1.82) is 0 Å². The van der Waals surface area contributed by atoms with Crippen LogP contribution in [0.2, 0.25) is 0 Å². The summed E-state index contributed by atoms with van der Waals surface area (Å²) >= 11 is 1.32. The number of amides is 1. The molecule has 0 fully saturated rings. The molecule has 0 bridgehead atoms. The highest BCUT2D eigenvalue weighted by Crippen LogP contribution is 2.25. The summed E-state index contributed by atoms with van der Waals surface area (Å²) in [4.78, 5) is 37.1. The number of carbonyl (C=O) groups excluding carboxylic acids is 2. The van der Waals surface area contributed by atoms with Crippen molar-refractivity contribution >= 4 is 39.4 Å². The molecule has 7 nitrogen and oxygen atoms in total. The Balaban J connectivity index is 1.20. The molecule has 1 amide bonds. The number of carbonyl (C=O) groups is 2. The van der Waals surface area contributed by atoms with E-state index in [9.17, 15) is 9.59 Å². The number of aromatic amines is 1. The number of H-pyrrole nitrogens is 1. The highest BCUT2D eigenvalue weighted by Gasteiger charge is 2.14. The Morgan fingerprint density at radius 3 is 2.31 bits per heavy atom. The molecule has 0 aliphatic heterocycles. The fourth-order valence-corrected chi connectivity index (χ4v) is 4.28. The number of esters is 1. The first-order valence-electron chi connectivity index (χ1n) is 11.0. The molecule has 5 rings (SSSR count). The molecule has 2 aromatic heterocycles. The highest BCUT2D eigenvalue weighted by molar-refractivity contribution is 7.14. The van der Waals surface area contributed by atoms with Crippen molar-refractivity contribution < 1.29 is 14.3 Å². The summed E-state index contributed by atoms with van der Waals surface area (Å²) < 4.78 is 5.21. The van der Waals surface area contributed by atoms with Gasteiger partial charge in [-0.2, -0.15) is 0 Å². The molecule has 0 radical (unpaired) electrons. The molecular formula is C27H22N4O3S. The van der Waals surface area contributed by atoms with Crippen LogP contribution in [-0.4, -0.2) is 33.4 Å². The van der Waals surface area contributed by atoms with Crippen LogP contribution in [0, 0.1) is 13.8 Å². The molecule has 0 aliphatic rings. The van der Waals surface area contributed by atoms with Gasteiger partial charge in [0.15, 0.2) is 11.7 Å². The number of anilines is 1. The summed E-state index contributed by atoms with van der Waals surface area (Å²) in [7, 11) is 0. The van der Waals surface area contributed by atoms with E-state index in [-0.39, 0.29) is 0 Å². The first-order valence-corrected chi connectivity index (χ1v) is 11.9. The van der Waals surface area contributed by atoms with Gasteiger partial charge in [0, 0.05) is 16.5 Å². The van der Waals surface area contributed by atoms with E-state index in [0.717, 1.165) is 33.7 Å². The second-order valence-electron chi connectivity index (χ2n) is 8.21. The zero-order chi connectivity index (χ0) is 24.4. The number of hydrogen-bond donors (Lipinski definition) is 2. The van der Waals surface area contributed by atoms with Gasteiger partial charge < -0.3 is 9.72 Å². The summed E-state index contributed by atoms with van der Waals surface area (Å²) in [5.41, 5.74) is 6.83. The zero-order valence-corrected chi connectivity index (χ0v) is 20.0. The number of imidazole rings is 1. The van der Waals surface area contributed by atoms with E-state index in [1.807, 2.05) is 67.8 Å². The van der Waals surface area contributed by atoms with Crippen molar-refractivity contribution in [2.24, 2.45) is 0 Å². The quantitative estimate of drug-likeness (QED) is 0.300. The van der Waals surface area contributed by atoms with Gasteiger partial charge in [-0.15, -0.1) is 11.3 Å². The molecule has 0 saturated heterocycles. The van der Waals surface area contributed by atoms with E-state index >= 15 is 0 Å². The minimum absolute atomic E-state index is 0.334. The van der Waals surface area contributed by atoms with E-state index in [2.05, 4.69) is 20.3 Å². The van der Waals surface area contributed by atoms with Crippen LogP contribution in [-0.2, 0) is 9.53 Å². The summed E-state index contributed by atoms with van der Waals surface area (Å²) in [5.74, 6) is -0.321. The lowest BCUT2D eigenvalue weighted by atomic mass is 10.1. The number of fused-ring (bicyclic) bond motifs is 1. The number of thiazole rings is 1. The third-order valence-electron chi connectivity index (χ3n) is 5.47. The first kappa shape index (κ1) is 22.5. The van der Waals surface area contributed by atoms with E-state index < -0.39 is 18.5 Å². The lowest BCUT2D eigenvalue weighted by molar-refractivity contribution is -0.119. The molecule has 35 heavy (non-hydrogen) atoms. The van der Waals surface area contributed by atoms with Gasteiger partial charge in [0.25, 0.3) is 5.91 Å². The van der Waals surface area contributed by atoms with Gasteiger partial charge in [-0.05, 0) is 32.0 Å². The number of aryl methyl sites for hydroxylation is 2. The first-order chi connectivity index (χ1) is 16.9. The Hall–Kier alpha value is -4.30. The maximum absolute atomic E-state index is 12.5. The zero-order valence-electron chi connectivity index (χ0n) is 19.2. The fourth-order valence-electron chi connectivity index (χ4n) is 3.54. The molecule has 0 saturated carbocycles. The standard InChI is InChI=1S/C27H22N4O3S/c1-16-3-7-18(8-4-16)23-15-35-27(30-23)31-24(32)14-34-26(33)20-11-12-21-22(13-20)29-25(28-21)19-9-5-17(2)6-10-19/h3-13,15H,14H2,1-2H3,(H,28,29)(H,30,31,32). The molecule has 2 N–H and O–H groups in total. The monoisotopic (exact) mass is 482 g/mol. The molecule has 8 heteroatoms. The maximum atomic E-state index is 12.5. The number of hydrogen-bond acceptors (Lipinski definition) is 6. The summed E-state index contributed by atoms with van der Waals surface area (Å²) in [5, 5.41) is 5.00. The van der Waals surface area contributed by atoms with Gasteiger partial charge in [-0.3, -0.25) is 10.1 Å². The van der Waals surface area contributed by atoms with Crippen LogP contribution in [0.25, 0.3) is 33.7 Å². The van der Waals surface area contributed by atoms with E-state index in [0.29, 0.717) is 16.2 Å². The minimum atomic E-state index is -0.590. The second-order valence-corrected chi connectivity index (χ2v) is 9.07. The normalized spacial score (nSPS) is 10.9. The van der Waals surface area contributed by atoms with Crippen LogP contribution in [0.5, 0.6) is 0 Å². The molecule has 0 spiro atoms. The molecule has 2 heterocycles. The van der Waals surface area contributed by atoms with E-state index in [4.69, 9.17) is 4.74 Å². The summed E-state index contributed by atoms with van der Waals surface area (Å²) in [6, 6.07) is 21.1. The fraction of sp³-hybridized carbons (Fsp3) is 0.111. The van der Waals surface area contributed by atoms with Crippen LogP contribution in [0.4, 0.5) is 5.13 Å². The van der Waals surface area contributed by atoms with Crippen LogP contribution < -0.4 is 5.32 Å². The molecular weight excluding hydrogens is 460 g/mol. The molecule has 5 aromatic rings. The lowest BCUT2D eigenvalue weighted by Gasteiger charge is -2.05. The van der Waals surface area contributed by atoms with Gasteiger partial charge in [0.1, 0.15) is 5.82 Å². The van der Waals surface area contributed by atoms with Crippen LogP contribution in [0.15, 0.2) is 72.1 Å². The number of nitrogens with one attached hydrogen (secondary N) is 2. The third-order valence-corrected chi connectivity index (χ3v) is 6.23. The van der Waals surface area contributed by atoms with E-state index in [1.54, 1.807) is 18.2 Å². The van der Waals surface area contributed by atoms with Gasteiger partial charge in [-0.1, -0.05) is 59.7 Å². The van der Waals surface area contributed by atoms with Crippen LogP contribution in [0.3, 0.4) is 0 Å². The van der Waals surface area contributed by atoms with Crippen molar-refractivity contribution in [1.82, 2.24) is 15.0 Å². The van der Waals surface area contributed by atoms with E-state index in [1.165, 1.54) is 16.9 Å². The smallest absolute Gasteiger partial charge is 0.338 e. The molecule has 174 valence electrons. The number of benzene rings is 3. The van der Waals surface area contributed by atoms with Crippen molar-refractivity contribution in [3.63, 3.8) is 0 Å². The van der Waals surface area contributed by atoms with Gasteiger partial charge >= 0.3 is 5.97 Å². The SMILES string of the molecule is Cc1ccc(-c2csc(NC(=O)COC(=O)c3ccc4nc(-c5ccc(C)cc5)[nH]c4c3)n2)cc1. The topological polar surface area (TPSA) is 97.0 Å². The van der Waals surface area contributed by atoms with Crippen molar-refractivity contribution in [2.75, 3.05) is 11.9 Å². The number of aromatic nitrogens is 3. The predicted octanol–water partition coefficient (Wildman–Crippen LogP) is 5.77. The highest BCUT2D eigenvalue weighted by atomic mass is 32.1. The minimum Gasteiger partial charge on any atom is -0.452 e. The van der Waals surface area contributed by atoms with Crippen LogP contribution >= 0.6 is 11.3 Å². The average Bonchev–Trinajstić information content (AvgIpc) is 3.50. The number of ether oxygens (including phenoxy) is 1. The Morgan fingerprint density at radius 1 is 0.914 bits per heavy atom. The molecule has 0 atom stereocenters. The number of nitrogens with zero attached hydrogens (tertiary/aromatic N) is 2. The Bertz CT molecular complexity index is 1520. The van der Waals surface area contributed by atoms with Crippen molar-refractivity contribution in [3.8, 4) is 22.6 Å². The Morgan fingerprint density at radius 2 is 1.60 bits per heavy atom. The summed E-state index contributed by atoms with van der Waals surface area (Å²) in [6.45, 7) is 3.64. The van der Waals surface area contributed by atoms with Gasteiger partial charge in [0.05, 0.1) is 22.3 Å². The largest absolute Gasteiger partial charge is 0.452 e. The lowest BCUT2D eigenvalue weighted by Crippen LogP contribution is -2.20. The average molecular weight is 483 g/mol. The van der Waals surface area contributed by atoms with Crippen molar-refractivity contribution in [3.05, 3.63) is 88.8 Å². The van der Waals surface area contributed by atoms with Crippen LogP contribution in [0.1, 0.15) is 21.5 Å². The van der Waals surface area contributed by atoms with Crippen molar-refractivity contribution in [2.45, 2.75) is 13.8 Å². The summed E-state index contributed by atoms with van der Waals surface area (Å²) in [6.07, 6.45) is 0. The maximum Gasteiger partial charge on any atom is 0.338 e. The number of rotatable bonds is 6. The predicted molar refractivity (Wildman–Crippen MR) is 137 cm³/mol. The molecule has 3 aromatic carbocycles. The van der Waals surface area contributed by atoms with Gasteiger partial charge in [0.2, 0.25) is 0 Å². The Labute approximate surface area is 205 Å². The molecule has 0 unspecified atom stereocenters. The Kier molecular flexibility index (Phi) is 6.12. The van der Waals surface area contributed by atoms with Gasteiger partial charge in [-0.25, -0.2) is 14.8 Å². The molecule has 0 aliphatic carbocycles.